The molecule has 1 aromatic rings. The van der Waals surface area contributed by atoms with Crippen molar-refractivity contribution in [3.8, 4) is 0 Å². The molecule has 6 nitrogen and oxygen atoms in total. The molecule has 0 aliphatic heterocycles. The molecular formula is C21H29NO5. The molecule has 0 aromatic heterocycles. The monoisotopic (exact) mass is 375 g/mol. The third-order valence-electron chi connectivity index (χ3n) is 3.14. The molecule has 0 saturated carbocycles. The molecule has 0 radical (unpaired) electrons. The highest BCUT2D eigenvalue weighted by atomic mass is 16.6. The number of benzene rings is 1. The Morgan fingerprint density at radius 2 is 1.70 bits per heavy atom. The predicted octanol–water partition coefficient (Wildman–Crippen LogP) is 4.29. The van der Waals surface area contributed by atoms with Crippen LogP contribution in [-0.2, 0) is 19.0 Å². The van der Waals surface area contributed by atoms with Crippen molar-refractivity contribution in [3.63, 3.8) is 0 Å². The van der Waals surface area contributed by atoms with Gasteiger partial charge >= 0.3 is 12.1 Å². The van der Waals surface area contributed by atoms with E-state index in [0.29, 0.717) is 12.4 Å². The fourth-order valence-corrected chi connectivity index (χ4v) is 2.13. The fraction of sp³-hybridized carbons (Fsp3) is 0.429. The van der Waals surface area contributed by atoms with Gasteiger partial charge in [0.1, 0.15) is 11.4 Å². The molecule has 1 N–H and O–H groups in total. The van der Waals surface area contributed by atoms with Crippen LogP contribution in [0.15, 0.2) is 54.3 Å². The van der Waals surface area contributed by atoms with E-state index < -0.39 is 23.7 Å². The van der Waals surface area contributed by atoms with E-state index in [1.165, 1.54) is 6.08 Å². The maximum atomic E-state index is 12.2. The molecule has 1 rings (SSSR count). The summed E-state index contributed by atoms with van der Waals surface area (Å²) in [4.78, 5) is 23.9. The third-order valence-corrected chi connectivity index (χ3v) is 3.14. The number of hydrogen-bond donors (Lipinski definition) is 1. The summed E-state index contributed by atoms with van der Waals surface area (Å²) in [6, 6.07) is 8.98. The van der Waals surface area contributed by atoms with Gasteiger partial charge in [0.05, 0.1) is 25.3 Å². The Labute approximate surface area is 161 Å². The van der Waals surface area contributed by atoms with E-state index in [-0.39, 0.29) is 6.61 Å². The number of esters is 1. The largest absolute Gasteiger partial charge is 0.494 e. The summed E-state index contributed by atoms with van der Waals surface area (Å²) < 4.78 is 15.7. The molecule has 0 saturated heterocycles. The van der Waals surface area contributed by atoms with Crippen molar-refractivity contribution in [1.29, 1.82) is 0 Å². The summed E-state index contributed by atoms with van der Waals surface area (Å²) in [6.45, 7) is 9.63. The van der Waals surface area contributed by atoms with Crippen LogP contribution in [0, 0.1) is 0 Å². The zero-order chi connectivity index (χ0) is 20.3. The first-order valence-corrected chi connectivity index (χ1v) is 8.99. The second-order valence-electron chi connectivity index (χ2n) is 6.63. The maximum Gasteiger partial charge on any atom is 0.408 e. The number of amides is 1. The van der Waals surface area contributed by atoms with Crippen LogP contribution < -0.4 is 5.32 Å². The minimum Gasteiger partial charge on any atom is -0.494 e. The number of ether oxygens (including phenoxy) is 3. The molecule has 148 valence electrons. The van der Waals surface area contributed by atoms with Gasteiger partial charge in [0.25, 0.3) is 0 Å². The molecule has 1 amide bonds. The van der Waals surface area contributed by atoms with Crippen molar-refractivity contribution in [1.82, 2.24) is 5.32 Å². The number of carbonyl (C=O) groups excluding carboxylic acids is 2. The van der Waals surface area contributed by atoms with Gasteiger partial charge in [-0.05, 0) is 46.3 Å². The first kappa shape index (κ1) is 22.3. The lowest BCUT2D eigenvalue weighted by molar-refractivity contribution is -0.137. The third kappa shape index (κ3) is 9.49. The Hall–Kier alpha value is -2.76. The summed E-state index contributed by atoms with van der Waals surface area (Å²) in [6.07, 6.45) is 4.11. The molecule has 0 spiro atoms. The van der Waals surface area contributed by atoms with Gasteiger partial charge in [-0.1, -0.05) is 36.4 Å². The van der Waals surface area contributed by atoms with E-state index >= 15 is 0 Å². The highest BCUT2D eigenvalue weighted by molar-refractivity contribution is 5.82. The lowest BCUT2D eigenvalue weighted by Gasteiger charge is -2.22. The SMILES string of the molecule is CCOC(=O)/C=C(\C=C\[C@@H](NC(=O)OC(C)(C)C)c1ccccc1)OCC. The summed E-state index contributed by atoms with van der Waals surface area (Å²) >= 11 is 0. The van der Waals surface area contributed by atoms with Crippen molar-refractivity contribution in [2.24, 2.45) is 0 Å². The number of allylic oxidation sites excluding steroid dienone is 1. The molecule has 1 atom stereocenters. The zero-order valence-corrected chi connectivity index (χ0v) is 16.7. The summed E-state index contributed by atoms with van der Waals surface area (Å²) in [5, 5.41) is 2.82. The highest BCUT2D eigenvalue weighted by Crippen LogP contribution is 2.17. The summed E-state index contributed by atoms with van der Waals surface area (Å²) in [5.41, 5.74) is 0.265. The minimum absolute atomic E-state index is 0.283. The Bertz CT molecular complexity index is 659. The van der Waals surface area contributed by atoms with E-state index in [4.69, 9.17) is 14.2 Å². The van der Waals surface area contributed by atoms with Crippen LogP contribution in [0.3, 0.4) is 0 Å². The van der Waals surface area contributed by atoms with Gasteiger partial charge < -0.3 is 19.5 Å². The second-order valence-corrected chi connectivity index (χ2v) is 6.63. The van der Waals surface area contributed by atoms with Crippen LogP contribution in [-0.4, -0.2) is 30.9 Å². The average Bonchev–Trinajstić information content (AvgIpc) is 2.58. The van der Waals surface area contributed by atoms with Crippen LogP contribution in [0.1, 0.15) is 46.2 Å². The molecule has 0 unspecified atom stereocenters. The molecule has 0 heterocycles. The standard InChI is InChI=1S/C21H29NO5/c1-6-25-17(15-19(23)26-7-2)13-14-18(16-11-9-8-10-12-16)22-20(24)27-21(3,4)5/h8-15,18H,6-7H2,1-5H3,(H,22,24)/b14-13+,17-15+/t18-/m1/s1. The normalized spacial score (nSPS) is 13.1. The van der Waals surface area contributed by atoms with E-state index in [0.717, 1.165) is 5.56 Å². The Balaban J connectivity index is 3.02. The molecular weight excluding hydrogens is 346 g/mol. The Morgan fingerprint density at radius 1 is 1.07 bits per heavy atom. The van der Waals surface area contributed by atoms with Crippen LogP contribution in [0.2, 0.25) is 0 Å². The van der Waals surface area contributed by atoms with Crippen LogP contribution in [0.5, 0.6) is 0 Å². The number of hydrogen-bond acceptors (Lipinski definition) is 5. The van der Waals surface area contributed by atoms with Crippen molar-refractivity contribution >= 4 is 12.1 Å². The minimum atomic E-state index is -0.602. The van der Waals surface area contributed by atoms with Crippen LogP contribution in [0.4, 0.5) is 4.79 Å². The van der Waals surface area contributed by atoms with Crippen molar-refractivity contribution in [2.75, 3.05) is 13.2 Å². The van der Waals surface area contributed by atoms with Gasteiger partial charge in [0, 0.05) is 0 Å². The van der Waals surface area contributed by atoms with Gasteiger partial charge in [0.2, 0.25) is 0 Å². The molecule has 0 fully saturated rings. The highest BCUT2D eigenvalue weighted by Gasteiger charge is 2.19. The van der Waals surface area contributed by atoms with Crippen LogP contribution in [0.25, 0.3) is 0 Å². The number of alkyl carbamates (subject to hydrolysis) is 1. The quantitative estimate of drug-likeness (QED) is 0.317. The number of carbonyl (C=O) groups is 2. The molecule has 1 aromatic carbocycles. The number of nitrogens with one attached hydrogen (secondary N) is 1. The topological polar surface area (TPSA) is 73.9 Å². The van der Waals surface area contributed by atoms with E-state index in [1.54, 1.807) is 39.8 Å². The molecule has 27 heavy (non-hydrogen) atoms. The first-order chi connectivity index (χ1) is 12.7. The predicted molar refractivity (Wildman–Crippen MR) is 104 cm³/mol. The lowest BCUT2D eigenvalue weighted by Crippen LogP contribution is -2.34. The van der Waals surface area contributed by atoms with E-state index in [2.05, 4.69) is 5.32 Å². The average molecular weight is 375 g/mol. The first-order valence-electron chi connectivity index (χ1n) is 8.99. The molecule has 0 bridgehead atoms. The Kier molecular flexibility index (Phi) is 9.13. The van der Waals surface area contributed by atoms with Gasteiger partial charge in [-0.25, -0.2) is 9.59 Å². The zero-order valence-electron chi connectivity index (χ0n) is 16.7. The van der Waals surface area contributed by atoms with Crippen molar-refractivity contribution in [3.05, 3.63) is 59.9 Å². The molecule has 6 heteroatoms. The van der Waals surface area contributed by atoms with E-state index in [1.807, 2.05) is 37.3 Å². The maximum absolute atomic E-state index is 12.2. The van der Waals surface area contributed by atoms with Gasteiger partial charge in [0.15, 0.2) is 0 Å². The number of rotatable bonds is 8. The van der Waals surface area contributed by atoms with E-state index in [9.17, 15) is 9.59 Å². The Morgan fingerprint density at radius 3 is 2.26 bits per heavy atom. The van der Waals surface area contributed by atoms with Crippen molar-refractivity contribution < 1.29 is 23.8 Å². The molecule has 0 aliphatic carbocycles. The summed E-state index contributed by atoms with van der Waals surface area (Å²) in [7, 11) is 0. The van der Waals surface area contributed by atoms with Gasteiger partial charge in [-0.3, -0.25) is 0 Å². The van der Waals surface area contributed by atoms with Crippen LogP contribution >= 0.6 is 0 Å². The second kappa shape index (κ2) is 11.1. The lowest BCUT2D eigenvalue weighted by atomic mass is 10.1. The smallest absolute Gasteiger partial charge is 0.408 e. The van der Waals surface area contributed by atoms with Gasteiger partial charge in [-0.2, -0.15) is 0 Å². The van der Waals surface area contributed by atoms with Crippen molar-refractivity contribution in [2.45, 2.75) is 46.3 Å². The fourth-order valence-electron chi connectivity index (χ4n) is 2.13. The molecule has 0 aliphatic rings. The van der Waals surface area contributed by atoms with Gasteiger partial charge in [-0.15, -0.1) is 0 Å². The summed E-state index contributed by atoms with van der Waals surface area (Å²) in [5.74, 6) is -0.134.